The van der Waals surface area contributed by atoms with Crippen LogP contribution in [0, 0.1) is 0 Å². The minimum atomic E-state index is -1.38. The van der Waals surface area contributed by atoms with Gasteiger partial charge in [-0.2, -0.15) is 0 Å². The highest BCUT2D eigenvalue weighted by Gasteiger charge is 2.29. The molecular weight excluding hydrogens is 258 g/mol. The molecule has 0 fully saturated rings. The van der Waals surface area contributed by atoms with E-state index in [2.05, 4.69) is 5.32 Å². The van der Waals surface area contributed by atoms with Crippen LogP contribution in [-0.2, 0) is 29.0 Å². The van der Waals surface area contributed by atoms with Crippen LogP contribution in [0.4, 0.5) is 0 Å². The molecule has 0 aliphatic heterocycles. The topological polar surface area (TPSA) is 122 Å². The third-order valence-corrected chi connectivity index (χ3v) is 2.07. The Morgan fingerprint density at radius 3 is 2.05 bits per heavy atom. The van der Waals surface area contributed by atoms with Crippen molar-refractivity contribution in [1.29, 1.82) is 0 Å². The zero-order valence-corrected chi connectivity index (χ0v) is 10.9. The number of aliphatic hydroxyl groups is 1. The second kappa shape index (κ2) is 9.29. The van der Waals surface area contributed by atoms with Crippen molar-refractivity contribution in [2.24, 2.45) is 0 Å². The third-order valence-electron chi connectivity index (χ3n) is 2.07. The van der Waals surface area contributed by atoms with Crippen molar-refractivity contribution >= 4 is 17.8 Å². The van der Waals surface area contributed by atoms with E-state index in [0.29, 0.717) is 0 Å². The molecule has 0 aromatic heterocycles. The SMILES string of the molecule is CCC(=O)OC(CO)C(NC(=O)C[O])OC(=O)CC. The van der Waals surface area contributed by atoms with Crippen molar-refractivity contribution in [2.75, 3.05) is 13.2 Å². The van der Waals surface area contributed by atoms with E-state index in [4.69, 9.17) is 14.6 Å². The standard InChI is InChI=1S/C11H18NO7/c1-3-9(16)18-7(5-13)11(12-8(15)6-14)19-10(17)4-2/h7,11,13H,3-6H2,1-2H3,(H,12,15). The van der Waals surface area contributed by atoms with Gasteiger partial charge in [0.15, 0.2) is 12.7 Å². The Morgan fingerprint density at radius 1 is 1.11 bits per heavy atom. The molecule has 0 rings (SSSR count). The first-order chi connectivity index (χ1) is 8.98. The lowest BCUT2D eigenvalue weighted by atomic mass is 10.3. The van der Waals surface area contributed by atoms with Crippen molar-refractivity contribution in [2.45, 2.75) is 39.0 Å². The highest BCUT2D eigenvalue weighted by atomic mass is 16.6. The molecule has 2 N–H and O–H groups in total. The zero-order chi connectivity index (χ0) is 14.8. The Labute approximate surface area is 110 Å². The molecule has 8 heteroatoms. The number of amides is 1. The van der Waals surface area contributed by atoms with E-state index in [1.807, 2.05) is 0 Å². The average molecular weight is 276 g/mol. The van der Waals surface area contributed by atoms with Gasteiger partial charge in [0.05, 0.1) is 6.61 Å². The molecule has 1 amide bonds. The number of hydrogen-bond acceptors (Lipinski definition) is 6. The number of carbonyl (C=O) groups excluding carboxylic acids is 3. The molecule has 0 saturated heterocycles. The number of hydrogen-bond donors (Lipinski definition) is 2. The van der Waals surface area contributed by atoms with Crippen LogP contribution in [0.3, 0.4) is 0 Å². The molecule has 8 nitrogen and oxygen atoms in total. The smallest absolute Gasteiger partial charge is 0.307 e. The largest absolute Gasteiger partial charge is 0.454 e. The van der Waals surface area contributed by atoms with Crippen LogP contribution in [-0.4, -0.2) is 48.5 Å². The quantitative estimate of drug-likeness (QED) is 0.439. The molecular formula is C11H18NO7. The van der Waals surface area contributed by atoms with Crippen molar-refractivity contribution in [1.82, 2.24) is 5.32 Å². The molecule has 19 heavy (non-hydrogen) atoms. The van der Waals surface area contributed by atoms with Crippen LogP contribution in [0.15, 0.2) is 0 Å². The summed E-state index contributed by atoms with van der Waals surface area (Å²) in [6.07, 6.45) is -2.54. The van der Waals surface area contributed by atoms with Crippen molar-refractivity contribution in [3.8, 4) is 0 Å². The molecule has 0 saturated carbocycles. The summed E-state index contributed by atoms with van der Waals surface area (Å²) in [5.41, 5.74) is 0. The maximum absolute atomic E-state index is 11.2. The van der Waals surface area contributed by atoms with Gasteiger partial charge in [-0.15, -0.1) is 0 Å². The summed E-state index contributed by atoms with van der Waals surface area (Å²) >= 11 is 0. The second-order valence-corrected chi connectivity index (χ2v) is 3.54. The fourth-order valence-electron chi connectivity index (χ4n) is 1.07. The summed E-state index contributed by atoms with van der Waals surface area (Å²) in [5, 5.41) is 21.6. The number of esters is 2. The van der Waals surface area contributed by atoms with Gasteiger partial charge in [0.2, 0.25) is 6.23 Å². The minimum absolute atomic E-state index is 0.0314. The fourth-order valence-corrected chi connectivity index (χ4v) is 1.07. The molecule has 0 aromatic carbocycles. The highest BCUT2D eigenvalue weighted by Crippen LogP contribution is 2.05. The normalized spacial score (nSPS) is 13.3. The van der Waals surface area contributed by atoms with Gasteiger partial charge in [0.1, 0.15) is 0 Å². The predicted molar refractivity (Wildman–Crippen MR) is 61.1 cm³/mol. The summed E-state index contributed by atoms with van der Waals surface area (Å²) in [7, 11) is 0. The summed E-state index contributed by atoms with van der Waals surface area (Å²) in [5.74, 6) is -2.23. The Kier molecular flexibility index (Phi) is 8.47. The average Bonchev–Trinajstić information content (AvgIpc) is 2.43. The van der Waals surface area contributed by atoms with Gasteiger partial charge in [0.25, 0.3) is 5.91 Å². The summed E-state index contributed by atoms with van der Waals surface area (Å²) in [4.78, 5) is 33.4. The van der Waals surface area contributed by atoms with E-state index in [0.717, 1.165) is 0 Å². The molecule has 0 heterocycles. The molecule has 109 valence electrons. The molecule has 2 atom stereocenters. The summed E-state index contributed by atoms with van der Waals surface area (Å²) in [6, 6.07) is 0. The van der Waals surface area contributed by atoms with Crippen LogP contribution in [0.2, 0.25) is 0 Å². The van der Waals surface area contributed by atoms with Crippen molar-refractivity contribution in [3.63, 3.8) is 0 Å². The third kappa shape index (κ3) is 6.73. The number of rotatable bonds is 8. The van der Waals surface area contributed by atoms with Crippen LogP contribution >= 0.6 is 0 Å². The number of ether oxygens (including phenoxy) is 2. The monoisotopic (exact) mass is 276 g/mol. The van der Waals surface area contributed by atoms with Crippen LogP contribution in [0.1, 0.15) is 26.7 Å². The Hall–Kier alpha value is -1.67. The lowest BCUT2D eigenvalue weighted by Gasteiger charge is -2.25. The highest BCUT2D eigenvalue weighted by molar-refractivity contribution is 5.77. The van der Waals surface area contributed by atoms with Gasteiger partial charge < -0.3 is 19.9 Å². The zero-order valence-electron chi connectivity index (χ0n) is 10.9. The van der Waals surface area contributed by atoms with Gasteiger partial charge in [-0.25, -0.2) is 5.11 Å². The van der Waals surface area contributed by atoms with E-state index in [1.54, 1.807) is 6.92 Å². The Morgan fingerprint density at radius 2 is 1.63 bits per heavy atom. The second-order valence-electron chi connectivity index (χ2n) is 3.54. The van der Waals surface area contributed by atoms with Crippen molar-refractivity contribution in [3.05, 3.63) is 0 Å². The van der Waals surface area contributed by atoms with Gasteiger partial charge in [0, 0.05) is 12.8 Å². The van der Waals surface area contributed by atoms with E-state index >= 15 is 0 Å². The first-order valence-electron chi connectivity index (χ1n) is 5.85. The van der Waals surface area contributed by atoms with Crippen LogP contribution in [0.25, 0.3) is 0 Å². The van der Waals surface area contributed by atoms with Crippen LogP contribution in [0.5, 0.6) is 0 Å². The van der Waals surface area contributed by atoms with Gasteiger partial charge in [-0.05, 0) is 0 Å². The molecule has 0 aliphatic rings. The lowest BCUT2D eigenvalue weighted by Crippen LogP contribution is -2.50. The van der Waals surface area contributed by atoms with Gasteiger partial charge in [-0.3, -0.25) is 14.4 Å². The van der Waals surface area contributed by atoms with Crippen molar-refractivity contribution < 1.29 is 34.1 Å². The Bertz CT molecular complexity index is 300. The lowest BCUT2D eigenvalue weighted by molar-refractivity contribution is -0.175. The minimum Gasteiger partial charge on any atom is -0.454 e. The molecule has 1 radical (unpaired) electrons. The first-order valence-corrected chi connectivity index (χ1v) is 5.85. The summed E-state index contributed by atoms with van der Waals surface area (Å²) < 4.78 is 9.64. The number of nitrogens with one attached hydrogen (secondary N) is 1. The maximum Gasteiger partial charge on any atom is 0.307 e. The molecule has 0 bridgehead atoms. The Balaban J connectivity index is 4.78. The first kappa shape index (κ1) is 17.3. The molecule has 2 unspecified atom stereocenters. The molecule has 0 aromatic rings. The summed E-state index contributed by atoms with van der Waals surface area (Å²) in [6.45, 7) is 1.34. The molecule has 0 aliphatic carbocycles. The number of carbonyl (C=O) groups is 3. The van der Waals surface area contributed by atoms with Gasteiger partial charge in [-0.1, -0.05) is 13.8 Å². The van der Waals surface area contributed by atoms with E-state index in [1.165, 1.54) is 6.92 Å². The van der Waals surface area contributed by atoms with Gasteiger partial charge >= 0.3 is 11.9 Å². The van der Waals surface area contributed by atoms with E-state index < -0.39 is 43.4 Å². The predicted octanol–water partition coefficient (Wildman–Crippen LogP) is -0.873. The van der Waals surface area contributed by atoms with E-state index in [-0.39, 0.29) is 12.8 Å². The number of aliphatic hydroxyl groups excluding tert-OH is 1. The fraction of sp³-hybridized carbons (Fsp3) is 0.727. The maximum atomic E-state index is 11.2. The van der Waals surface area contributed by atoms with E-state index in [9.17, 15) is 19.5 Å². The van der Waals surface area contributed by atoms with Crippen LogP contribution < -0.4 is 5.32 Å². The molecule has 0 spiro atoms.